The second-order valence-electron chi connectivity index (χ2n) is 9.82. The summed E-state index contributed by atoms with van der Waals surface area (Å²) < 4.78 is 0. The van der Waals surface area contributed by atoms with Gasteiger partial charge in [-0.1, -0.05) is 0 Å². The second-order valence-corrected chi connectivity index (χ2v) is 10.9. The molecule has 4 heterocycles. The summed E-state index contributed by atoms with van der Waals surface area (Å²) in [4.78, 5) is 27.5. The van der Waals surface area contributed by atoms with E-state index >= 15 is 0 Å². The van der Waals surface area contributed by atoms with Gasteiger partial charge in [0.25, 0.3) is 0 Å². The van der Waals surface area contributed by atoms with Crippen LogP contribution in [0, 0.1) is 5.92 Å². The van der Waals surface area contributed by atoms with E-state index in [1.165, 1.54) is 5.56 Å². The van der Waals surface area contributed by atoms with Gasteiger partial charge >= 0.3 is 5.97 Å². The first-order valence-electron chi connectivity index (χ1n) is 12.1. The van der Waals surface area contributed by atoms with Crippen LogP contribution >= 0.6 is 11.3 Å². The molecule has 0 radical (unpaired) electrons. The zero-order chi connectivity index (χ0) is 24.1. The Morgan fingerprint density at radius 1 is 1.23 bits per heavy atom. The lowest BCUT2D eigenvalue weighted by molar-refractivity contribution is -0.142. The van der Waals surface area contributed by atoms with Crippen LogP contribution in [0.25, 0.3) is 21.1 Å². The smallest absolute Gasteiger partial charge is 0.306 e. The number of carboxylic acids is 1. The van der Waals surface area contributed by atoms with Gasteiger partial charge in [0.1, 0.15) is 17.0 Å². The maximum atomic E-state index is 11.6. The Kier molecular flexibility index (Phi) is 5.57. The highest BCUT2D eigenvalue weighted by molar-refractivity contribution is 7.19. The molecule has 4 aromatic rings. The number of benzene rings is 1. The molecule has 1 atom stereocenters. The lowest BCUT2D eigenvalue weighted by atomic mass is 9.88. The summed E-state index contributed by atoms with van der Waals surface area (Å²) in [7, 11) is 4.31. The third-order valence-corrected chi connectivity index (χ3v) is 8.70. The van der Waals surface area contributed by atoms with Gasteiger partial charge in [-0.05, 0) is 63.9 Å². The molecule has 1 aromatic carbocycles. The van der Waals surface area contributed by atoms with E-state index < -0.39 is 5.97 Å². The number of nitrogens with zero attached hydrogens (tertiary/aromatic N) is 5. The van der Waals surface area contributed by atoms with E-state index in [4.69, 9.17) is 0 Å². The fourth-order valence-electron chi connectivity index (χ4n) is 5.51. The lowest BCUT2D eigenvalue weighted by Gasteiger charge is -2.37. The Labute approximate surface area is 207 Å². The van der Waals surface area contributed by atoms with Gasteiger partial charge in [-0.25, -0.2) is 9.97 Å². The summed E-state index contributed by atoms with van der Waals surface area (Å²) in [5.41, 5.74) is 4.35. The number of H-pyrrole nitrogens is 1. The Balaban J connectivity index is 1.38. The third kappa shape index (κ3) is 4.00. The van der Waals surface area contributed by atoms with Crippen molar-refractivity contribution < 1.29 is 9.90 Å². The molecule has 3 N–H and O–H groups in total. The molecule has 6 rings (SSSR count). The van der Waals surface area contributed by atoms with Crippen molar-refractivity contribution in [2.45, 2.75) is 38.1 Å². The molecule has 2 aliphatic rings. The fourth-order valence-corrected chi connectivity index (χ4v) is 6.78. The first kappa shape index (κ1) is 22.2. The number of thiophene rings is 1. The largest absolute Gasteiger partial charge is 0.481 e. The van der Waals surface area contributed by atoms with Crippen LogP contribution in [0.15, 0.2) is 24.7 Å². The molecule has 10 heteroatoms. The molecule has 1 saturated heterocycles. The van der Waals surface area contributed by atoms with Crippen LogP contribution in [0.1, 0.15) is 29.7 Å². The average molecular weight is 492 g/mol. The van der Waals surface area contributed by atoms with Gasteiger partial charge in [0, 0.05) is 29.4 Å². The minimum atomic E-state index is -0.714. The number of carboxylic acid groups (broad SMARTS) is 1. The highest BCUT2D eigenvalue weighted by Gasteiger charge is 2.29. The van der Waals surface area contributed by atoms with Gasteiger partial charge in [0.15, 0.2) is 0 Å². The van der Waals surface area contributed by atoms with Crippen LogP contribution in [0.3, 0.4) is 0 Å². The second kappa shape index (κ2) is 8.76. The van der Waals surface area contributed by atoms with Crippen molar-refractivity contribution in [3.05, 3.63) is 35.1 Å². The molecule has 0 spiro atoms. The number of aryl methyl sites for hydroxylation is 1. The maximum Gasteiger partial charge on any atom is 0.306 e. The molecular formula is C25H29N7O2S. The molecule has 1 fully saturated rings. The molecule has 9 nitrogen and oxygen atoms in total. The quantitative estimate of drug-likeness (QED) is 0.384. The number of hydrogen-bond donors (Lipinski definition) is 3. The van der Waals surface area contributed by atoms with Crippen molar-refractivity contribution in [2.24, 2.45) is 5.92 Å². The molecule has 1 aliphatic heterocycles. The molecule has 182 valence electrons. The fraction of sp³-hybridized carbons (Fsp3) is 0.440. The van der Waals surface area contributed by atoms with E-state index in [0.29, 0.717) is 18.9 Å². The number of carbonyl (C=O) groups is 1. The topological polar surface area (TPSA) is 110 Å². The molecule has 0 saturated carbocycles. The van der Waals surface area contributed by atoms with Crippen LogP contribution in [-0.2, 0) is 17.6 Å². The molecule has 3 aromatic heterocycles. The predicted octanol–water partition coefficient (Wildman–Crippen LogP) is 4.03. The van der Waals surface area contributed by atoms with Gasteiger partial charge in [-0.15, -0.1) is 11.3 Å². The number of rotatable bonds is 5. The average Bonchev–Trinajstić information content (AvgIpc) is 3.47. The first-order chi connectivity index (χ1) is 17.0. The van der Waals surface area contributed by atoms with E-state index in [-0.39, 0.29) is 5.92 Å². The van der Waals surface area contributed by atoms with E-state index in [9.17, 15) is 9.90 Å². The molecule has 35 heavy (non-hydrogen) atoms. The summed E-state index contributed by atoms with van der Waals surface area (Å²) in [5.74, 6) is -0.248. The third-order valence-electron chi connectivity index (χ3n) is 7.54. The minimum Gasteiger partial charge on any atom is -0.481 e. The number of anilines is 3. The van der Waals surface area contributed by atoms with Gasteiger partial charge < -0.3 is 20.2 Å². The Hall–Kier alpha value is -3.24. The number of aliphatic carboxylic acids is 1. The van der Waals surface area contributed by atoms with Crippen LogP contribution in [0.4, 0.5) is 17.2 Å². The number of fused-ring (bicyclic) bond motifs is 4. The van der Waals surface area contributed by atoms with Crippen LogP contribution in [-0.4, -0.2) is 69.4 Å². The van der Waals surface area contributed by atoms with Gasteiger partial charge in [-0.2, -0.15) is 5.10 Å². The summed E-state index contributed by atoms with van der Waals surface area (Å²) in [5, 5.41) is 22.6. The summed E-state index contributed by atoms with van der Waals surface area (Å²) in [6, 6.07) is 4.92. The zero-order valence-corrected chi connectivity index (χ0v) is 20.7. The number of nitrogens with one attached hydrogen (secondary N) is 2. The number of piperidine rings is 1. The van der Waals surface area contributed by atoms with Crippen molar-refractivity contribution in [2.75, 3.05) is 37.4 Å². The Morgan fingerprint density at radius 2 is 2.06 bits per heavy atom. The van der Waals surface area contributed by atoms with Crippen LogP contribution < -0.4 is 10.2 Å². The lowest BCUT2D eigenvalue weighted by Crippen LogP contribution is -2.42. The molecule has 0 bridgehead atoms. The van der Waals surface area contributed by atoms with Gasteiger partial charge in [0.2, 0.25) is 0 Å². The Bertz CT molecular complexity index is 1400. The normalized spacial score (nSPS) is 18.9. The van der Waals surface area contributed by atoms with E-state index in [1.807, 2.05) is 6.20 Å². The van der Waals surface area contributed by atoms with Crippen molar-refractivity contribution in [1.82, 2.24) is 25.1 Å². The first-order valence-corrected chi connectivity index (χ1v) is 12.9. The Morgan fingerprint density at radius 3 is 2.83 bits per heavy atom. The molecule has 0 amide bonds. The zero-order valence-electron chi connectivity index (χ0n) is 19.9. The molecule has 1 unspecified atom stereocenters. The van der Waals surface area contributed by atoms with Gasteiger partial charge in [0.05, 0.1) is 34.4 Å². The van der Waals surface area contributed by atoms with E-state index in [1.54, 1.807) is 17.7 Å². The summed E-state index contributed by atoms with van der Waals surface area (Å²) in [6.07, 6.45) is 7.63. The summed E-state index contributed by atoms with van der Waals surface area (Å²) in [6.45, 7) is 1.97. The number of aromatic amines is 1. The van der Waals surface area contributed by atoms with Crippen LogP contribution in [0.2, 0.25) is 0 Å². The SMILES string of the molecule is CN(C)C1CCN(c2cc3[nH]ncc3cc2Nc2ncnc3sc4c(c23)CCC(C(=O)O)C4)CC1. The van der Waals surface area contributed by atoms with E-state index in [0.717, 1.165) is 75.5 Å². The maximum absolute atomic E-state index is 11.6. The predicted molar refractivity (Wildman–Crippen MR) is 139 cm³/mol. The highest BCUT2D eigenvalue weighted by atomic mass is 32.1. The van der Waals surface area contributed by atoms with E-state index in [2.05, 4.69) is 61.5 Å². The molecular weight excluding hydrogens is 462 g/mol. The summed E-state index contributed by atoms with van der Waals surface area (Å²) >= 11 is 1.60. The standard InChI is InChI=1S/C25H29N7O2S/c1-31(2)16-5-7-32(8-6-16)20-11-18-15(12-28-30-18)9-19(20)29-23-22-17-4-3-14(25(33)34)10-21(17)35-24(22)27-13-26-23/h9,11-14,16H,3-8,10H2,1-2H3,(H,28,30)(H,33,34)(H,26,27,29). The van der Waals surface area contributed by atoms with Crippen molar-refractivity contribution in [3.63, 3.8) is 0 Å². The van der Waals surface area contributed by atoms with Crippen molar-refractivity contribution in [3.8, 4) is 0 Å². The number of aromatic nitrogens is 4. The monoisotopic (exact) mass is 491 g/mol. The van der Waals surface area contributed by atoms with Crippen molar-refractivity contribution in [1.29, 1.82) is 0 Å². The van der Waals surface area contributed by atoms with Crippen molar-refractivity contribution >= 4 is 55.6 Å². The van der Waals surface area contributed by atoms with Crippen LogP contribution in [0.5, 0.6) is 0 Å². The number of hydrogen-bond acceptors (Lipinski definition) is 8. The highest BCUT2D eigenvalue weighted by Crippen LogP contribution is 2.42. The molecule has 1 aliphatic carbocycles. The van der Waals surface area contributed by atoms with Gasteiger partial charge in [-0.3, -0.25) is 9.89 Å². The minimum absolute atomic E-state index is 0.319.